The summed E-state index contributed by atoms with van der Waals surface area (Å²) < 4.78 is 17.6. The number of hydrogen-bond donors (Lipinski definition) is 2. The molecule has 0 fully saturated rings. The van der Waals surface area contributed by atoms with Gasteiger partial charge in [0, 0.05) is 23.1 Å². The SMILES string of the molecule is C=CCn1c(O)c(C2=Nc3ccccc3S[C@@H](c3cc(OC)c(OC)c(OC)c3)C2)c(=O)[nH]c1=O. The largest absolute Gasteiger partial charge is 0.494 e. The van der Waals surface area contributed by atoms with Gasteiger partial charge in [0.15, 0.2) is 11.5 Å². The van der Waals surface area contributed by atoms with E-state index >= 15 is 0 Å². The molecule has 0 unspecified atom stereocenters. The van der Waals surface area contributed by atoms with E-state index in [1.165, 1.54) is 13.2 Å². The first-order valence-corrected chi connectivity index (χ1v) is 11.6. The Morgan fingerprint density at radius 2 is 1.86 bits per heavy atom. The van der Waals surface area contributed by atoms with E-state index in [4.69, 9.17) is 19.2 Å². The molecule has 2 N–H and O–H groups in total. The van der Waals surface area contributed by atoms with Crippen LogP contribution in [0.4, 0.5) is 5.69 Å². The lowest BCUT2D eigenvalue weighted by Crippen LogP contribution is -2.34. The Bertz CT molecular complexity index is 1400. The highest BCUT2D eigenvalue weighted by molar-refractivity contribution is 7.99. The number of nitrogens with one attached hydrogen (secondary N) is 1. The highest BCUT2D eigenvalue weighted by Gasteiger charge is 2.28. The third kappa shape index (κ3) is 4.57. The standard InChI is InChI=1S/C25H25N3O6S/c1-5-10-28-24(30)21(23(29)27-25(28)31)16-13-20(35-19-9-7-6-8-15(19)26-16)14-11-17(32-2)22(34-4)18(12-14)33-3/h5-9,11-12,20,30H,1,10,13H2,2-4H3,(H,27,29,31)/t20-/m1/s1. The second kappa shape index (κ2) is 10.1. The van der Waals surface area contributed by atoms with Crippen molar-refractivity contribution in [1.29, 1.82) is 0 Å². The van der Waals surface area contributed by atoms with E-state index in [-0.39, 0.29) is 23.8 Å². The van der Waals surface area contributed by atoms with Crippen LogP contribution in [0, 0.1) is 0 Å². The zero-order chi connectivity index (χ0) is 25.1. The van der Waals surface area contributed by atoms with Crippen LogP contribution in [-0.4, -0.2) is 41.7 Å². The van der Waals surface area contributed by atoms with Gasteiger partial charge in [0.25, 0.3) is 5.56 Å². The molecule has 0 amide bonds. The van der Waals surface area contributed by atoms with Gasteiger partial charge in [-0.15, -0.1) is 18.3 Å². The Morgan fingerprint density at radius 1 is 1.17 bits per heavy atom. The van der Waals surface area contributed by atoms with Crippen molar-refractivity contribution >= 4 is 23.2 Å². The zero-order valence-corrected chi connectivity index (χ0v) is 20.3. The van der Waals surface area contributed by atoms with Gasteiger partial charge in [-0.1, -0.05) is 18.2 Å². The number of fused-ring (bicyclic) bond motifs is 1. The second-order valence-electron chi connectivity index (χ2n) is 7.65. The predicted octanol–water partition coefficient (Wildman–Crippen LogP) is 3.81. The number of rotatable bonds is 7. The molecule has 9 nitrogen and oxygen atoms in total. The van der Waals surface area contributed by atoms with Crippen molar-refractivity contribution in [3.05, 3.63) is 81.0 Å². The van der Waals surface area contributed by atoms with Gasteiger partial charge in [-0.2, -0.15) is 0 Å². The number of aromatic hydroxyl groups is 1. The van der Waals surface area contributed by atoms with Gasteiger partial charge in [0.1, 0.15) is 5.56 Å². The Balaban J connectivity index is 1.92. The van der Waals surface area contributed by atoms with Crippen LogP contribution in [0.5, 0.6) is 23.1 Å². The molecular formula is C25H25N3O6S. The van der Waals surface area contributed by atoms with E-state index in [2.05, 4.69) is 11.6 Å². The molecule has 3 aromatic rings. The number of allylic oxidation sites excluding steroid dienone is 1. The van der Waals surface area contributed by atoms with Gasteiger partial charge in [-0.25, -0.2) is 4.79 Å². The topological polar surface area (TPSA) is 115 Å². The van der Waals surface area contributed by atoms with Gasteiger partial charge in [0.2, 0.25) is 11.6 Å². The molecule has 35 heavy (non-hydrogen) atoms. The third-order valence-corrected chi connectivity index (χ3v) is 6.92. The van der Waals surface area contributed by atoms with E-state index in [0.717, 1.165) is 15.0 Å². The van der Waals surface area contributed by atoms with E-state index in [1.807, 2.05) is 36.4 Å². The summed E-state index contributed by atoms with van der Waals surface area (Å²) in [6, 6.07) is 11.3. The minimum atomic E-state index is -0.721. The van der Waals surface area contributed by atoms with Crippen LogP contribution in [-0.2, 0) is 6.54 Å². The van der Waals surface area contributed by atoms with E-state index in [9.17, 15) is 14.7 Å². The van der Waals surface area contributed by atoms with Crippen molar-refractivity contribution in [2.24, 2.45) is 4.99 Å². The number of methoxy groups -OCH3 is 3. The van der Waals surface area contributed by atoms with Crippen molar-refractivity contribution in [2.45, 2.75) is 23.1 Å². The maximum atomic E-state index is 12.9. The number of nitrogens with zero attached hydrogens (tertiary/aromatic N) is 2. The lowest BCUT2D eigenvalue weighted by Gasteiger charge is -2.20. The molecule has 2 aromatic carbocycles. The molecular weight excluding hydrogens is 470 g/mol. The number of para-hydroxylation sites is 1. The second-order valence-corrected chi connectivity index (χ2v) is 8.90. The predicted molar refractivity (Wildman–Crippen MR) is 135 cm³/mol. The normalized spacial score (nSPS) is 14.9. The molecule has 0 spiro atoms. The van der Waals surface area contributed by atoms with Gasteiger partial charge in [0.05, 0.1) is 32.7 Å². The third-order valence-electron chi connectivity index (χ3n) is 5.60. The summed E-state index contributed by atoms with van der Waals surface area (Å²) in [5, 5.41) is 10.7. The number of H-pyrrole nitrogens is 1. The van der Waals surface area contributed by atoms with Gasteiger partial charge < -0.3 is 19.3 Å². The molecule has 2 heterocycles. The number of hydrogen-bond acceptors (Lipinski definition) is 8. The summed E-state index contributed by atoms with van der Waals surface area (Å²) in [5.41, 5.74) is 0.367. The van der Waals surface area contributed by atoms with E-state index in [1.54, 1.807) is 26.0 Å². The van der Waals surface area contributed by atoms with Gasteiger partial charge in [-0.3, -0.25) is 19.3 Å². The van der Waals surface area contributed by atoms with Crippen LogP contribution in [0.2, 0.25) is 0 Å². The minimum Gasteiger partial charge on any atom is -0.494 e. The first kappa shape index (κ1) is 24.2. The van der Waals surface area contributed by atoms with Crippen LogP contribution in [0.1, 0.15) is 22.8 Å². The van der Waals surface area contributed by atoms with Crippen LogP contribution in [0.3, 0.4) is 0 Å². The first-order valence-electron chi connectivity index (χ1n) is 10.7. The quantitative estimate of drug-likeness (QED) is 0.479. The molecule has 0 bridgehead atoms. The smallest absolute Gasteiger partial charge is 0.331 e. The number of aromatic amines is 1. The number of aromatic nitrogens is 2. The van der Waals surface area contributed by atoms with Crippen molar-refractivity contribution in [3.63, 3.8) is 0 Å². The molecule has 10 heteroatoms. The zero-order valence-electron chi connectivity index (χ0n) is 19.5. The monoisotopic (exact) mass is 495 g/mol. The summed E-state index contributed by atoms with van der Waals surface area (Å²) >= 11 is 1.57. The van der Waals surface area contributed by atoms with Crippen molar-refractivity contribution < 1.29 is 19.3 Å². The summed E-state index contributed by atoms with van der Waals surface area (Å²) in [4.78, 5) is 33.0. The van der Waals surface area contributed by atoms with Crippen molar-refractivity contribution in [2.75, 3.05) is 21.3 Å². The van der Waals surface area contributed by atoms with Crippen LogP contribution in [0.25, 0.3) is 0 Å². The minimum absolute atomic E-state index is 0.0311. The van der Waals surface area contributed by atoms with Crippen molar-refractivity contribution in [1.82, 2.24) is 9.55 Å². The molecule has 4 rings (SSSR count). The molecule has 1 aliphatic heterocycles. The van der Waals surface area contributed by atoms with Crippen molar-refractivity contribution in [3.8, 4) is 23.1 Å². The lowest BCUT2D eigenvalue weighted by atomic mass is 10.0. The first-order chi connectivity index (χ1) is 16.9. The molecule has 1 aliphatic rings. The van der Waals surface area contributed by atoms with Crippen LogP contribution < -0.4 is 25.5 Å². The van der Waals surface area contributed by atoms with E-state index < -0.39 is 17.1 Å². The number of thioether (sulfide) groups is 1. The Kier molecular flexibility index (Phi) is 7.02. The molecule has 0 aliphatic carbocycles. The fraction of sp³-hybridized carbons (Fsp3) is 0.240. The summed E-state index contributed by atoms with van der Waals surface area (Å²) in [6.45, 7) is 3.65. The van der Waals surface area contributed by atoms with Gasteiger partial charge in [-0.05, 0) is 29.8 Å². The molecule has 0 saturated carbocycles. The molecule has 1 atom stereocenters. The Morgan fingerprint density at radius 3 is 2.49 bits per heavy atom. The lowest BCUT2D eigenvalue weighted by molar-refractivity contribution is 0.324. The Hall–Kier alpha value is -3.92. The molecule has 1 aromatic heterocycles. The average Bonchev–Trinajstić information content (AvgIpc) is 3.05. The number of benzene rings is 2. The van der Waals surface area contributed by atoms with Crippen LogP contribution in [0.15, 0.2) is 68.5 Å². The average molecular weight is 496 g/mol. The maximum Gasteiger partial charge on any atom is 0.331 e. The fourth-order valence-electron chi connectivity index (χ4n) is 3.96. The highest BCUT2D eigenvalue weighted by Crippen LogP contribution is 2.49. The van der Waals surface area contributed by atoms with E-state index in [0.29, 0.717) is 28.6 Å². The van der Waals surface area contributed by atoms with Crippen LogP contribution >= 0.6 is 11.8 Å². The number of ether oxygens (including phenoxy) is 3. The fourth-order valence-corrected chi connectivity index (χ4v) is 5.17. The van der Waals surface area contributed by atoms with Gasteiger partial charge >= 0.3 is 5.69 Å². The molecule has 182 valence electrons. The summed E-state index contributed by atoms with van der Waals surface area (Å²) in [7, 11) is 4.63. The Labute approximate surface area is 205 Å². The summed E-state index contributed by atoms with van der Waals surface area (Å²) in [5.74, 6) is 1.01. The molecule has 0 saturated heterocycles. The summed E-state index contributed by atoms with van der Waals surface area (Å²) in [6.07, 6.45) is 1.74. The highest BCUT2D eigenvalue weighted by atomic mass is 32.2. The maximum absolute atomic E-state index is 12.9. The number of aliphatic imine (C=N–C) groups is 1. The molecule has 0 radical (unpaired) electrons.